The van der Waals surface area contributed by atoms with Gasteiger partial charge in [-0.3, -0.25) is 9.59 Å². The Bertz CT molecular complexity index is 483. The van der Waals surface area contributed by atoms with E-state index >= 15 is 0 Å². The number of anilines is 1. The fraction of sp³-hybridized carbons (Fsp3) is 0.385. The van der Waals surface area contributed by atoms with Crippen molar-refractivity contribution in [2.75, 3.05) is 19.1 Å². The molecule has 0 fully saturated rings. The van der Waals surface area contributed by atoms with E-state index in [1.807, 2.05) is 24.3 Å². The molecule has 1 amide bonds. The molecule has 90 valence electrons. The minimum absolute atomic E-state index is 0.0726. The molecular weight excluding hydrogens is 218 g/mol. The Hall–Kier alpha value is -1.84. The Labute approximate surface area is 100 Å². The quantitative estimate of drug-likeness (QED) is 0.690. The van der Waals surface area contributed by atoms with Crippen molar-refractivity contribution in [3.8, 4) is 0 Å². The summed E-state index contributed by atoms with van der Waals surface area (Å²) in [5.41, 5.74) is 0.736. The number of para-hydroxylation sites is 1. The molecule has 0 N–H and O–H groups in total. The summed E-state index contributed by atoms with van der Waals surface area (Å²) in [4.78, 5) is 25.4. The highest BCUT2D eigenvalue weighted by Gasteiger charge is 2.45. The molecule has 1 aliphatic heterocycles. The third kappa shape index (κ3) is 1.60. The standard InChI is InChI=1S/C13H15NO3/c1-13(12(16)17-3)8-11(15)14(2)10-7-5-4-6-9(10)13/h4-7H,8H2,1-3H3/t13-/m1/s1. The molecule has 0 saturated carbocycles. The summed E-state index contributed by atoms with van der Waals surface area (Å²) >= 11 is 0. The molecule has 1 aromatic carbocycles. The van der Waals surface area contributed by atoms with Gasteiger partial charge in [0.2, 0.25) is 5.91 Å². The lowest BCUT2D eigenvalue weighted by atomic mass is 9.75. The monoisotopic (exact) mass is 233 g/mol. The van der Waals surface area contributed by atoms with Gasteiger partial charge in [-0.25, -0.2) is 0 Å². The van der Waals surface area contributed by atoms with Crippen LogP contribution in [0.1, 0.15) is 18.9 Å². The average molecular weight is 233 g/mol. The number of rotatable bonds is 1. The van der Waals surface area contributed by atoms with Gasteiger partial charge in [-0.1, -0.05) is 18.2 Å². The zero-order chi connectivity index (χ0) is 12.6. The molecule has 1 heterocycles. The number of methoxy groups -OCH3 is 1. The molecule has 0 saturated heterocycles. The van der Waals surface area contributed by atoms with Crippen LogP contribution in [-0.4, -0.2) is 26.0 Å². The van der Waals surface area contributed by atoms with Crippen LogP contribution in [0.15, 0.2) is 24.3 Å². The van der Waals surface area contributed by atoms with Crippen molar-refractivity contribution in [3.63, 3.8) is 0 Å². The first-order valence-electron chi connectivity index (χ1n) is 5.45. The van der Waals surface area contributed by atoms with Crippen molar-refractivity contribution in [2.45, 2.75) is 18.8 Å². The second-order valence-electron chi connectivity index (χ2n) is 4.47. The molecule has 0 spiro atoms. The molecule has 4 heteroatoms. The van der Waals surface area contributed by atoms with E-state index in [9.17, 15) is 9.59 Å². The van der Waals surface area contributed by atoms with Gasteiger partial charge in [0.25, 0.3) is 0 Å². The zero-order valence-electron chi connectivity index (χ0n) is 10.2. The maximum atomic E-state index is 11.9. The van der Waals surface area contributed by atoms with Crippen LogP contribution in [0.5, 0.6) is 0 Å². The molecule has 1 aromatic rings. The summed E-state index contributed by atoms with van der Waals surface area (Å²) in [5.74, 6) is -0.442. The van der Waals surface area contributed by atoms with Crippen LogP contribution < -0.4 is 4.90 Å². The minimum atomic E-state index is -0.880. The number of nitrogens with zero attached hydrogens (tertiary/aromatic N) is 1. The van der Waals surface area contributed by atoms with Gasteiger partial charge >= 0.3 is 5.97 Å². The number of ether oxygens (including phenoxy) is 1. The molecule has 0 aromatic heterocycles. The van der Waals surface area contributed by atoms with Gasteiger partial charge in [-0.15, -0.1) is 0 Å². The molecule has 2 rings (SSSR count). The molecule has 0 unspecified atom stereocenters. The maximum absolute atomic E-state index is 11.9. The lowest BCUT2D eigenvalue weighted by Gasteiger charge is -2.37. The van der Waals surface area contributed by atoms with Crippen LogP contribution in [0, 0.1) is 0 Å². The number of hydrogen-bond donors (Lipinski definition) is 0. The lowest BCUT2D eigenvalue weighted by molar-refractivity contribution is -0.149. The van der Waals surface area contributed by atoms with E-state index in [1.165, 1.54) is 7.11 Å². The van der Waals surface area contributed by atoms with Crippen LogP contribution in [0.2, 0.25) is 0 Å². The predicted molar refractivity (Wildman–Crippen MR) is 63.8 cm³/mol. The summed E-state index contributed by atoms with van der Waals surface area (Å²) in [6.45, 7) is 1.75. The number of carbonyl (C=O) groups is 2. The number of hydrogen-bond acceptors (Lipinski definition) is 3. The predicted octanol–water partition coefficient (Wildman–Crippen LogP) is 1.48. The number of carbonyl (C=O) groups excluding carboxylic acids is 2. The Kier molecular flexibility index (Phi) is 2.65. The number of fused-ring (bicyclic) bond motifs is 1. The van der Waals surface area contributed by atoms with E-state index in [4.69, 9.17) is 4.74 Å². The lowest BCUT2D eigenvalue weighted by Crippen LogP contribution is -2.45. The van der Waals surface area contributed by atoms with Crippen molar-refractivity contribution in [1.82, 2.24) is 0 Å². The second-order valence-corrected chi connectivity index (χ2v) is 4.47. The maximum Gasteiger partial charge on any atom is 0.316 e. The van der Waals surface area contributed by atoms with E-state index in [-0.39, 0.29) is 18.3 Å². The van der Waals surface area contributed by atoms with Crippen LogP contribution >= 0.6 is 0 Å². The zero-order valence-corrected chi connectivity index (χ0v) is 10.2. The van der Waals surface area contributed by atoms with Crippen molar-refractivity contribution in [3.05, 3.63) is 29.8 Å². The van der Waals surface area contributed by atoms with Gasteiger partial charge in [0, 0.05) is 19.2 Å². The summed E-state index contributed by atoms with van der Waals surface area (Å²) in [6.07, 6.45) is 0.146. The van der Waals surface area contributed by atoms with Gasteiger partial charge in [-0.2, -0.15) is 0 Å². The van der Waals surface area contributed by atoms with Crippen LogP contribution in [0.3, 0.4) is 0 Å². The smallest absolute Gasteiger partial charge is 0.316 e. The first kappa shape index (κ1) is 11.6. The third-order valence-electron chi connectivity index (χ3n) is 3.37. The minimum Gasteiger partial charge on any atom is -0.468 e. The fourth-order valence-corrected chi connectivity index (χ4v) is 2.29. The van der Waals surface area contributed by atoms with Crippen molar-refractivity contribution in [1.29, 1.82) is 0 Å². The number of amides is 1. The molecular formula is C13H15NO3. The normalized spacial score (nSPS) is 23.2. The summed E-state index contributed by atoms with van der Waals surface area (Å²) in [7, 11) is 3.07. The SMILES string of the molecule is COC(=O)[C@]1(C)CC(=O)N(C)c2ccccc21. The van der Waals surface area contributed by atoms with Gasteiger partial charge in [0.15, 0.2) is 0 Å². The van der Waals surface area contributed by atoms with Crippen LogP contribution in [0.4, 0.5) is 5.69 Å². The average Bonchev–Trinajstić information content (AvgIpc) is 2.35. The van der Waals surface area contributed by atoms with Crippen molar-refractivity contribution < 1.29 is 14.3 Å². The van der Waals surface area contributed by atoms with E-state index in [0.717, 1.165) is 11.3 Å². The number of benzene rings is 1. The van der Waals surface area contributed by atoms with Crippen molar-refractivity contribution in [2.24, 2.45) is 0 Å². The Balaban J connectivity index is 2.62. The Morgan fingerprint density at radius 3 is 2.71 bits per heavy atom. The first-order chi connectivity index (χ1) is 8.00. The van der Waals surface area contributed by atoms with Gasteiger partial charge < -0.3 is 9.64 Å². The third-order valence-corrected chi connectivity index (χ3v) is 3.37. The molecule has 1 atom stereocenters. The van der Waals surface area contributed by atoms with Gasteiger partial charge in [0.1, 0.15) is 5.41 Å². The Morgan fingerprint density at radius 1 is 1.41 bits per heavy atom. The molecule has 1 aliphatic rings. The van der Waals surface area contributed by atoms with Gasteiger partial charge in [0.05, 0.1) is 7.11 Å². The molecule has 0 bridgehead atoms. The van der Waals surface area contributed by atoms with E-state index in [2.05, 4.69) is 0 Å². The summed E-state index contributed by atoms with van der Waals surface area (Å²) in [5, 5.41) is 0. The first-order valence-corrected chi connectivity index (χ1v) is 5.45. The molecule has 0 aliphatic carbocycles. The molecule has 4 nitrogen and oxygen atoms in total. The summed E-state index contributed by atoms with van der Waals surface area (Å²) < 4.78 is 4.82. The van der Waals surface area contributed by atoms with E-state index < -0.39 is 5.41 Å². The number of esters is 1. The molecule has 0 radical (unpaired) electrons. The topological polar surface area (TPSA) is 46.6 Å². The van der Waals surface area contributed by atoms with Crippen LogP contribution in [0.25, 0.3) is 0 Å². The highest BCUT2D eigenvalue weighted by atomic mass is 16.5. The highest BCUT2D eigenvalue weighted by molar-refractivity contribution is 6.03. The fourth-order valence-electron chi connectivity index (χ4n) is 2.29. The van der Waals surface area contributed by atoms with Crippen molar-refractivity contribution >= 4 is 17.6 Å². The van der Waals surface area contributed by atoms with E-state index in [1.54, 1.807) is 18.9 Å². The van der Waals surface area contributed by atoms with Crippen LogP contribution in [-0.2, 0) is 19.7 Å². The second kappa shape index (κ2) is 3.87. The highest BCUT2D eigenvalue weighted by Crippen LogP contribution is 2.40. The molecule has 17 heavy (non-hydrogen) atoms. The largest absolute Gasteiger partial charge is 0.468 e. The van der Waals surface area contributed by atoms with E-state index in [0.29, 0.717) is 0 Å². The Morgan fingerprint density at radius 2 is 2.06 bits per heavy atom. The summed E-state index contributed by atoms with van der Waals surface area (Å²) in [6, 6.07) is 7.43. The van der Waals surface area contributed by atoms with Gasteiger partial charge in [-0.05, 0) is 18.6 Å².